The molecular formula is C56H92NO9PSi3. The van der Waals surface area contributed by atoms with Gasteiger partial charge in [0.2, 0.25) is 5.91 Å². The van der Waals surface area contributed by atoms with Gasteiger partial charge in [-0.2, -0.15) is 0 Å². The molecule has 0 fully saturated rings. The summed E-state index contributed by atoms with van der Waals surface area (Å²) in [5.41, 5.74) is 0.727. The van der Waals surface area contributed by atoms with Crippen molar-refractivity contribution in [1.82, 2.24) is 5.32 Å². The van der Waals surface area contributed by atoms with Crippen molar-refractivity contribution in [3.63, 3.8) is 0 Å². The topological polar surface area (TPSA) is 126 Å². The number of amides is 1. The minimum absolute atomic E-state index is 0.00732. The maximum Gasteiger partial charge on any atom is 0.340 e. The number of hydrogen-bond acceptors (Lipinski definition) is 9. The lowest BCUT2D eigenvalue weighted by Crippen LogP contribution is -2.68. The van der Waals surface area contributed by atoms with Crippen LogP contribution >= 0.6 is 7.60 Å². The Morgan fingerprint density at radius 1 is 0.657 bits per heavy atom. The summed E-state index contributed by atoms with van der Waals surface area (Å²) in [4.78, 5) is 40.8. The number of hydrogen-bond donors (Lipinski definition) is 1. The predicted molar refractivity (Wildman–Crippen MR) is 300 cm³/mol. The molecule has 10 nitrogen and oxygen atoms in total. The Labute approximate surface area is 427 Å². The van der Waals surface area contributed by atoms with Gasteiger partial charge in [-0.1, -0.05) is 178 Å². The molecule has 392 valence electrons. The minimum Gasteiger partial charge on any atom is -0.410 e. The normalized spacial score (nSPS) is 16.7. The maximum atomic E-state index is 14.7. The van der Waals surface area contributed by atoms with Crippen LogP contribution < -0.4 is 15.7 Å². The van der Waals surface area contributed by atoms with E-state index in [-0.39, 0.29) is 58.6 Å². The summed E-state index contributed by atoms with van der Waals surface area (Å²) in [7, 11) is -11.3. The van der Waals surface area contributed by atoms with Gasteiger partial charge in [0, 0.05) is 12.3 Å². The summed E-state index contributed by atoms with van der Waals surface area (Å²) in [6.07, 6.45) is 12.4. The summed E-state index contributed by atoms with van der Waals surface area (Å²) in [6.45, 7) is 41.3. The average Bonchev–Trinajstić information content (AvgIpc) is 3.26. The van der Waals surface area contributed by atoms with Crippen LogP contribution in [-0.2, 0) is 41.3 Å². The fourth-order valence-electron chi connectivity index (χ4n) is 7.70. The second-order valence-electron chi connectivity index (χ2n) is 22.7. The van der Waals surface area contributed by atoms with Crippen LogP contribution in [0.2, 0.25) is 41.3 Å². The molecule has 0 radical (unpaired) electrons. The lowest BCUT2D eigenvalue weighted by molar-refractivity contribution is -0.129. The molecule has 0 aliphatic heterocycles. The number of aldehydes is 1. The first-order valence-electron chi connectivity index (χ1n) is 25.3. The fraction of sp³-hybridized carbons (Fsp3) is 0.589. The molecule has 1 amide bonds. The van der Waals surface area contributed by atoms with Crippen LogP contribution in [0.15, 0.2) is 108 Å². The zero-order valence-corrected chi connectivity index (χ0v) is 50.6. The van der Waals surface area contributed by atoms with Gasteiger partial charge in [0.1, 0.15) is 18.0 Å². The fourth-order valence-corrected chi connectivity index (χ4v) is 16.7. The molecule has 2 rings (SSSR count). The molecule has 0 heterocycles. The van der Waals surface area contributed by atoms with Gasteiger partial charge in [0.25, 0.3) is 8.32 Å². The Morgan fingerprint density at radius 3 is 1.49 bits per heavy atom. The number of carbonyl (C=O) groups excluding carboxylic acids is 3. The zero-order chi connectivity index (χ0) is 53.5. The minimum atomic E-state index is -3.83. The second-order valence-corrected chi connectivity index (χ2v) is 38.9. The van der Waals surface area contributed by atoms with Gasteiger partial charge in [0.15, 0.2) is 22.4 Å². The molecule has 0 aliphatic rings. The first-order chi connectivity index (χ1) is 32.2. The average molecular weight is 1040 g/mol. The van der Waals surface area contributed by atoms with Crippen molar-refractivity contribution in [3.05, 3.63) is 108 Å². The third-order valence-electron chi connectivity index (χ3n) is 14.0. The summed E-state index contributed by atoms with van der Waals surface area (Å²) in [5.74, 6) is -1.58. The van der Waals surface area contributed by atoms with Crippen LogP contribution in [0.1, 0.15) is 124 Å². The standard InChI is InChI=1S/C56H92NO9PSi3/c1-21-62-67(61,63-22-2)46(7)52(59)44(5)51(57-53(60)45(6)64-70(56(14,15)16,49-29-25-23-26-30-49)50-31-27-24-28-32-50)41-43(4)35-38-47(65-68(17,18)54(8,9)10)36-33-42(3)34-37-48(39-40-58)66-69(19,20)55(11,12)13/h23-35,37-38,40-41,44-48,51H,21-22,36,39H2,1-20H3,(H,57,60)/b37-34+,38-35+,42-33+,43-41+/t44-,45-,46?,47-,48+,51+/m0/s1. The van der Waals surface area contributed by atoms with Crippen molar-refractivity contribution >= 4 is 60.9 Å². The number of Topliss-reactive ketones (excluding diaryl/α,β-unsaturated/α-hetero) is 1. The maximum absolute atomic E-state index is 14.7. The molecule has 0 aromatic heterocycles. The molecule has 14 heteroatoms. The van der Waals surface area contributed by atoms with Gasteiger partial charge in [-0.3, -0.25) is 14.2 Å². The molecule has 0 saturated carbocycles. The first kappa shape index (κ1) is 63.0. The number of allylic oxidation sites excluding steroid dienone is 4. The van der Waals surface area contributed by atoms with E-state index < -0.39 is 56.3 Å². The van der Waals surface area contributed by atoms with Crippen LogP contribution in [-0.4, -0.2) is 86.2 Å². The van der Waals surface area contributed by atoms with Crippen LogP contribution in [0.5, 0.6) is 0 Å². The molecule has 2 aromatic rings. The van der Waals surface area contributed by atoms with E-state index in [1.165, 1.54) is 0 Å². The van der Waals surface area contributed by atoms with Gasteiger partial charge >= 0.3 is 7.60 Å². The number of benzene rings is 2. The van der Waals surface area contributed by atoms with E-state index in [0.29, 0.717) is 6.42 Å². The van der Waals surface area contributed by atoms with Crippen molar-refractivity contribution < 1.29 is 41.3 Å². The van der Waals surface area contributed by atoms with Crippen LogP contribution in [0.25, 0.3) is 0 Å². The van der Waals surface area contributed by atoms with Crippen molar-refractivity contribution in [2.45, 2.75) is 195 Å². The molecule has 1 unspecified atom stereocenters. The highest BCUT2D eigenvalue weighted by Gasteiger charge is 2.52. The van der Waals surface area contributed by atoms with Crippen molar-refractivity contribution in [3.8, 4) is 0 Å². The molecule has 0 aliphatic carbocycles. The van der Waals surface area contributed by atoms with E-state index in [4.69, 9.17) is 22.3 Å². The van der Waals surface area contributed by atoms with Gasteiger partial charge in [-0.05, 0) is 99.6 Å². The zero-order valence-electron chi connectivity index (χ0n) is 46.7. The molecule has 0 saturated heterocycles. The van der Waals surface area contributed by atoms with E-state index >= 15 is 0 Å². The Balaban J connectivity index is 2.70. The predicted octanol–water partition coefficient (Wildman–Crippen LogP) is 13.1. The Hall–Kier alpha value is -3.11. The quantitative estimate of drug-likeness (QED) is 0.0403. The highest BCUT2D eigenvalue weighted by molar-refractivity contribution is 7.55. The summed E-state index contributed by atoms with van der Waals surface area (Å²) >= 11 is 0. The van der Waals surface area contributed by atoms with E-state index in [2.05, 4.69) is 130 Å². The van der Waals surface area contributed by atoms with Crippen LogP contribution in [0, 0.1) is 5.92 Å². The summed E-state index contributed by atoms with van der Waals surface area (Å²) in [6, 6.07) is 19.5. The van der Waals surface area contributed by atoms with Gasteiger partial charge < -0.3 is 32.4 Å². The Bertz CT molecular complexity index is 2100. The van der Waals surface area contributed by atoms with Gasteiger partial charge in [0.05, 0.1) is 31.5 Å². The Morgan fingerprint density at radius 2 is 1.09 bits per heavy atom. The smallest absolute Gasteiger partial charge is 0.340 e. The van der Waals surface area contributed by atoms with Crippen molar-refractivity contribution in [1.29, 1.82) is 0 Å². The van der Waals surface area contributed by atoms with E-state index in [0.717, 1.165) is 27.8 Å². The SMILES string of the molecule is CCOP(=O)(OCC)C(C)C(=O)[C@@H](C)[C@@H](/C=C(C)/C=C/[C@H](C/C=C(C)/C=C/[C@H](CC=O)O[Si](C)(C)C(C)(C)C)O[Si](C)(C)C(C)(C)C)NC(=O)[C@H](C)O[Si](c1ccccc1)(c1ccccc1)C(C)(C)C. The Kier molecular flexibility index (Phi) is 24.1. The highest BCUT2D eigenvalue weighted by Crippen LogP contribution is 2.54. The number of ketones is 1. The molecule has 70 heavy (non-hydrogen) atoms. The van der Waals surface area contributed by atoms with E-state index in [9.17, 15) is 18.9 Å². The van der Waals surface area contributed by atoms with Crippen molar-refractivity contribution in [2.75, 3.05) is 13.2 Å². The van der Waals surface area contributed by atoms with Crippen LogP contribution in [0.3, 0.4) is 0 Å². The monoisotopic (exact) mass is 1040 g/mol. The largest absolute Gasteiger partial charge is 0.410 e. The third kappa shape index (κ3) is 17.5. The summed E-state index contributed by atoms with van der Waals surface area (Å²) in [5, 5.41) is 4.86. The molecule has 2 aromatic carbocycles. The molecule has 0 bridgehead atoms. The first-order valence-corrected chi connectivity index (χ1v) is 34.6. The lowest BCUT2D eigenvalue weighted by atomic mass is 9.93. The third-order valence-corrected chi connectivity index (χ3v) is 30.6. The molecular weight excluding hydrogens is 946 g/mol. The lowest BCUT2D eigenvalue weighted by Gasteiger charge is -2.44. The van der Waals surface area contributed by atoms with Gasteiger partial charge in [-0.15, -0.1) is 0 Å². The number of nitrogens with one attached hydrogen (secondary N) is 1. The van der Waals surface area contributed by atoms with E-state index in [1.807, 2.05) is 74.5 Å². The molecule has 0 spiro atoms. The van der Waals surface area contributed by atoms with Crippen LogP contribution in [0.4, 0.5) is 0 Å². The summed E-state index contributed by atoms with van der Waals surface area (Å²) < 4.78 is 46.1. The van der Waals surface area contributed by atoms with Crippen molar-refractivity contribution in [2.24, 2.45) is 5.92 Å². The second kappa shape index (κ2) is 26.7. The number of carbonyl (C=O) groups is 3. The van der Waals surface area contributed by atoms with E-state index in [1.54, 1.807) is 34.6 Å². The van der Waals surface area contributed by atoms with Gasteiger partial charge in [-0.25, -0.2) is 0 Å². The highest BCUT2D eigenvalue weighted by atomic mass is 31.2. The molecule has 1 N–H and O–H groups in total. The molecule has 6 atom stereocenters. The number of rotatable bonds is 27.